The Labute approximate surface area is 145 Å². The first-order chi connectivity index (χ1) is 12.3. The fourth-order valence-electron chi connectivity index (χ4n) is 3.36. The summed E-state index contributed by atoms with van der Waals surface area (Å²) in [4.78, 5) is 17.4. The smallest absolute Gasteiger partial charge is 0.330 e. The van der Waals surface area contributed by atoms with E-state index in [2.05, 4.69) is 16.4 Å². The van der Waals surface area contributed by atoms with E-state index in [1.807, 2.05) is 48.7 Å². The average molecular weight is 333 g/mol. The molecule has 0 saturated carbocycles. The zero-order chi connectivity index (χ0) is 17.2. The second-order valence-electron chi connectivity index (χ2n) is 5.98. The van der Waals surface area contributed by atoms with E-state index in [1.165, 1.54) is 5.56 Å². The summed E-state index contributed by atoms with van der Waals surface area (Å²) in [6.45, 7) is 0.765. The zero-order valence-electron chi connectivity index (χ0n) is 14.0. The molecular weight excluding hydrogens is 314 g/mol. The Morgan fingerprint density at radius 3 is 2.76 bits per heavy atom. The van der Waals surface area contributed by atoms with Gasteiger partial charge in [-0.2, -0.15) is 0 Å². The van der Waals surface area contributed by atoms with E-state index < -0.39 is 0 Å². The summed E-state index contributed by atoms with van der Waals surface area (Å²) in [5.41, 5.74) is 3.92. The van der Waals surface area contributed by atoms with Crippen molar-refractivity contribution in [3.05, 3.63) is 59.8 Å². The predicted octanol–water partition coefficient (Wildman–Crippen LogP) is 3.90. The number of ether oxygens (including phenoxy) is 1. The first-order valence-electron chi connectivity index (χ1n) is 8.33. The minimum Gasteiger partial charge on any atom is -0.497 e. The molecule has 0 bridgehead atoms. The van der Waals surface area contributed by atoms with Crippen molar-refractivity contribution in [3.63, 3.8) is 0 Å². The molecule has 4 rings (SSSR count). The first kappa shape index (κ1) is 15.4. The fraction of sp³-hybridized carbons (Fsp3) is 0.200. The Morgan fingerprint density at radius 2 is 1.96 bits per heavy atom. The number of methoxy groups -OCH3 is 1. The number of anilines is 1. The van der Waals surface area contributed by atoms with Crippen molar-refractivity contribution >= 4 is 28.8 Å². The Balaban J connectivity index is 1.75. The monoisotopic (exact) mass is 333 g/mol. The predicted molar refractivity (Wildman–Crippen MR) is 100 cm³/mol. The molecule has 126 valence electrons. The van der Waals surface area contributed by atoms with Crippen molar-refractivity contribution in [2.75, 3.05) is 19.0 Å². The first-order valence-corrected chi connectivity index (χ1v) is 8.33. The van der Waals surface area contributed by atoms with Gasteiger partial charge in [0.05, 0.1) is 12.6 Å². The minimum atomic E-state index is -0.155. The molecule has 1 amide bonds. The van der Waals surface area contributed by atoms with Crippen LogP contribution in [0.2, 0.25) is 0 Å². The van der Waals surface area contributed by atoms with Crippen LogP contribution in [0, 0.1) is 0 Å². The van der Waals surface area contributed by atoms with Crippen molar-refractivity contribution in [1.82, 2.24) is 4.57 Å². The van der Waals surface area contributed by atoms with Crippen LogP contribution in [-0.4, -0.2) is 30.5 Å². The zero-order valence-corrected chi connectivity index (χ0v) is 14.0. The van der Waals surface area contributed by atoms with E-state index in [1.54, 1.807) is 11.7 Å². The third-order valence-electron chi connectivity index (χ3n) is 4.54. The van der Waals surface area contributed by atoms with Crippen molar-refractivity contribution in [2.24, 2.45) is 4.99 Å². The van der Waals surface area contributed by atoms with Crippen LogP contribution in [0.3, 0.4) is 0 Å². The normalized spacial score (nSPS) is 13.3. The van der Waals surface area contributed by atoms with Gasteiger partial charge in [-0.15, -0.1) is 0 Å². The lowest BCUT2D eigenvalue weighted by molar-refractivity contribution is 0.254. The quantitative estimate of drug-likeness (QED) is 0.773. The highest BCUT2D eigenvalue weighted by Crippen LogP contribution is 2.28. The van der Waals surface area contributed by atoms with E-state index in [0.29, 0.717) is 6.42 Å². The van der Waals surface area contributed by atoms with Crippen LogP contribution in [-0.2, 0) is 12.8 Å². The average Bonchev–Trinajstić information content (AvgIpc) is 2.79. The maximum Gasteiger partial charge on any atom is 0.330 e. The summed E-state index contributed by atoms with van der Waals surface area (Å²) in [6, 6.07) is 15.2. The van der Waals surface area contributed by atoms with Gasteiger partial charge >= 0.3 is 6.03 Å². The molecule has 0 spiro atoms. The summed E-state index contributed by atoms with van der Waals surface area (Å²) >= 11 is 0. The van der Waals surface area contributed by atoms with Crippen LogP contribution < -0.4 is 10.1 Å². The largest absolute Gasteiger partial charge is 0.497 e. The standard InChI is InChI=1S/C20H19N3O2/c1-25-15-8-6-14(7-9-15)22-20(24)23-18-5-3-2-4-16(18)17-10-12-21-13-11-19(17)23/h2-9,13H,10-12H2,1H3,(H,22,24). The van der Waals surface area contributed by atoms with Gasteiger partial charge < -0.3 is 10.1 Å². The van der Waals surface area contributed by atoms with Crippen LogP contribution in [0.1, 0.15) is 11.3 Å². The van der Waals surface area contributed by atoms with Crippen LogP contribution in [0.15, 0.2) is 53.5 Å². The van der Waals surface area contributed by atoms with Crippen LogP contribution in [0.4, 0.5) is 10.5 Å². The van der Waals surface area contributed by atoms with Crippen molar-refractivity contribution in [1.29, 1.82) is 0 Å². The second kappa shape index (κ2) is 6.43. The Kier molecular flexibility index (Phi) is 3.98. The molecule has 0 atom stereocenters. The molecule has 0 fully saturated rings. The highest BCUT2D eigenvalue weighted by molar-refractivity contribution is 6.01. The summed E-state index contributed by atoms with van der Waals surface area (Å²) in [6.07, 6.45) is 3.43. The Hall–Kier alpha value is -3.08. The van der Waals surface area contributed by atoms with Gasteiger partial charge in [0, 0.05) is 35.9 Å². The van der Waals surface area contributed by atoms with Gasteiger partial charge in [-0.05, 0) is 42.3 Å². The lowest BCUT2D eigenvalue weighted by Gasteiger charge is -2.11. The van der Waals surface area contributed by atoms with Crippen LogP contribution in [0.5, 0.6) is 5.75 Å². The molecule has 2 heterocycles. The third-order valence-corrected chi connectivity index (χ3v) is 4.54. The fourth-order valence-corrected chi connectivity index (χ4v) is 3.36. The molecule has 0 aliphatic carbocycles. The number of nitrogens with one attached hydrogen (secondary N) is 1. The number of amides is 1. The van der Waals surface area contributed by atoms with Crippen molar-refractivity contribution in [2.45, 2.75) is 12.8 Å². The van der Waals surface area contributed by atoms with E-state index >= 15 is 0 Å². The molecule has 1 N–H and O–H groups in total. The molecule has 25 heavy (non-hydrogen) atoms. The number of carbonyl (C=O) groups excluding carboxylic acids is 1. The molecular formula is C20H19N3O2. The number of para-hydroxylation sites is 1. The lowest BCUT2D eigenvalue weighted by atomic mass is 10.1. The summed E-state index contributed by atoms with van der Waals surface area (Å²) in [5.74, 6) is 0.759. The van der Waals surface area contributed by atoms with Gasteiger partial charge in [0.2, 0.25) is 0 Å². The number of benzene rings is 2. The summed E-state index contributed by atoms with van der Waals surface area (Å²) in [7, 11) is 1.62. The number of hydrogen-bond donors (Lipinski definition) is 1. The number of nitrogens with zero attached hydrogens (tertiary/aromatic N) is 2. The number of aliphatic imine (C=N–C) groups is 1. The number of rotatable bonds is 2. The van der Waals surface area contributed by atoms with Crippen molar-refractivity contribution < 1.29 is 9.53 Å². The highest BCUT2D eigenvalue weighted by atomic mass is 16.5. The molecule has 0 unspecified atom stereocenters. The Morgan fingerprint density at radius 1 is 1.16 bits per heavy atom. The molecule has 0 radical (unpaired) electrons. The van der Waals surface area contributed by atoms with Crippen molar-refractivity contribution in [3.8, 4) is 5.75 Å². The molecule has 1 aliphatic heterocycles. The number of hydrogen-bond acceptors (Lipinski definition) is 3. The van der Waals surface area contributed by atoms with Gasteiger partial charge in [-0.3, -0.25) is 9.56 Å². The van der Waals surface area contributed by atoms with E-state index in [0.717, 1.165) is 41.0 Å². The van der Waals surface area contributed by atoms with Gasteiger partial charge in [0.1, 0.15) is 5.75 Å². The molecule has 0 saturated heterocycles. The van der Waals surface area contributed by atoms with Gasteiger partial charge in [0.25, 0.3) is 0 Å². The molecule has 1 aliphatic rings. The van der Waals surface area contributed by atoms with Crippen LogP contribution in [0.25, 0.3) is 10.9 Å². The molecule has 1 aromatic heterocycles. The van der Waals surface area contributed by atoms with Gasteiger partial charge in [-0.1, -0.05) is 18.2 Å². The van der Waals surface area contributed by atoms with E-state index in [-0.39, 0.29) is 6.03 Å². The summed E-state index contributed by atoms with van der Waals surface area (Å²) < 4.78 is 6.94. The van der Waals surface area contributed by atoms with Crippen LogP contribution >= 0.6 is 0 Å². The number of carbonyl (C=O) groups is 1. The minimum absolute atomic E-state index is 0.155. The topological polar surface area (TPSA) is 55.6 Å². The Bertz CT molecular complexity index is 955. The molecule has 2 aromatic carbocycles. The van der Waals surface area contributed by atoms with Gasteiger partial charge in [0.15, 0.2) is 0 Å². The highest BCUT2D eigenvalue weighted by Gasteiger charge is 2.21. The number of fused-ring (bicyclic) bond motifs is 3. The second-order valence-corrected chi connectivity index (χ2v) is 5.98. The van der Waals surface area contributed by atoms with E-state index in [9.17, 15) is 4.79 Å². The summed E-state index contributed by atoms with van der Waals surface area (Å²) in [5, 5.41) is 4.11. The maximum absolute atomic E-state index is 13.0. The molecule has 5 nitrogen and oxygen atoms in total. The maximum atomic E-state index is 13.0. The SMILES string of the molecule is COc1ccc(NC(=O)n2c3c(c4ccccc42)CCN=CC3)cc1. The van der Waals surface area contributed by atoms with E-state index in [4.69, 9.17) is 4.74 Å². The molecule has 3 aromatic rings. The van der Waals surface area contributed by atoms with Gasteiger partial charge in [-0.25, -0.2) is 4.79 Å². The lowest BCUT2D eigenvalue weighted by Crippen LogP contribution is -2.21. The third kappa shape index (κ3) is 2.78. The molecule has 5 heteroatoms. The number of aromatic nitrogens is 1.